The summed E-state index contributed by atoms with van der Waals surface area (Å²) in [4.78, 5) is 21.9. The Hall–Kier alpha value is -2.14. The number of ether oxygens (including phenoxy) is 1. The first-order valence-electron chi connectivity index (χ1n) is 6.21. The Morgan fingerprint density at radius 3 is 2.52 bits per heavy atom. The number of hydrogen-bond donors (Lipinski definition) is 1. The Morgan fingerprint density at radius 1 is 1.29 bits per heavy atom. The van der Waals surface area contributed by atoms with Crippen LogP contribution in [-0.2, 0) is 6.61 Å². The molecule has 2 aromatic rings. The average molecular weight is 349 g/mol. The second kappa shape index (κ2) is 6.54. The van der Waals surface area contributed by atoms with Crippen molar-refractivity contribution < 1.29 is 19.4 Å². The first-order chi connectivity index (χ1) is 10.0. The molecule has 0 atom stereocenters. The Morgan fingerprint density at radius 2 is 1.95 bits per heavy atom. The van der Waals surface area contributed by atoms with Crippen LogP contribution in [0.25, 0.3) is 0 Å². The summed E-state index contributed by atoms with van der Waals surface area (Å²) >= 11 is 3.34. The van der Waals surface area contributed by atoms with E-state index >= 15 is 0 Å². The smallest absolute Gasteiger partial charge is 0.335 e. The molecule has 2 rings (SSSR count). The zero-order valence-corrected chi connectivity index (χ0v) is 12.9. The highest BCUT2D eigenvalue weighted by atomic mass is 79.9. The Kier molecular flexibility index (Phi) is 4.75. The minimum atomic E-state index is -0.963. The van der Waals surface area contributed by atoms with Crippen molar-refractivity contribution in [2.24, 2.45) is 0 Å². The number of carboxylic acid groups (broad SMARTS) is 1. The highest BCUT2D eigenvalue weighted by molar-refractivity contribution is 9.10. The molecule has 0 aliphatic carbocycles. The van der Waals surface area contributed by atoms with E-state index in [1.165, 1.54) is 12.1 Å². The molecule has 5 heteroatoms. The number of benzene rings is 2. The lowest BCUT2D eigenvalue weighted by atomic mass is 10.1. The lowest BCUT2D eigenvalue weighted by Gasteiger charge is -2.12. The predicted molar refractivity (Wildman–Crippen MR) is 82.0 cm³/mol. The van der Waals surface area contributed by atoms with Gasteiger partial charge in [-0.2, -0.15) is 0 Å². The number of aldehydes is 1. The molecule has 1 N–H and O–H groups in total. The Labute approximate surface area is 130 Å². The number of carbonyl (C=O) groups is 2. The van der Waals surface area contributed by atoms with Crippen molar-refractivity contribution in [2.45, 2.75) is 13.5 Å². The standard InChI is InChI=1S/C16H13BrO4/c1-10-6-14(17)7-13(8-18)15(10)21-9-11-2-4-12(5-3-11)16(19)20/h2-8H,9H2,1H3,(H,19,20). The van der Waals surface area contributed by atoms with Gasteiger partial charge < -0.3 is 9.84 Å². The molecule has 0 aromatic heterocycles. The molecule has 4 nitrogen and oxygen atoms in total. The maximum atomic E-state index is 11.1. The first-order valence-corrected chi connectivity index (χ1v) is 7.01. The van der Waals surface area contributed by atoms with Gasteiger partial charge in [0.2, 0.25) is 0 Å². The minimum Gasteiger partial charge on any atom is -0.488 e. The molecule has 0 unspecified atom stereocenters. The fraction of sp³-hybridized carbons (Fsp3) is 0.125. The molecule has 0 aliphatic heterocycles. The lowest BCUT2D eigenvalue weighted by Crippen LogP contribution is -2.01. The second-order valence-corrected chi connectivity index (χ2v) is 5.47. The quantitative estimate of drug-likeness (QED) is 0.833. The summed E-state index contributed by atoms with van der Waals surface area (Å²) in [5, 5.41) is 8.84. The Bertz CT molecular complexity index is 677. The van der Waals surface area contributed by atoms with Gasteiger partial charge in [-0.05, 0) is 42.3 Å². The molecular formula is C16H13BrO4. The van der Waals surface area contributed by atoms with Gasteiger partial charge in [0.25, 0.3) is 0 Å². The fourth-order valence-electron chi connectivity index (χ4n) is 1.94. The summed E-state index contributed by atoms with van der Waals surface area (Å²) in [6.45, 7) is 2.13. The van der Waals surface area contributed by atoms with E-state index in [1.54, 1.807) is 18.2 Å². The van der Waals surface area contributed by atoms with Crippen LogP contribution in [-0.4, -0.2) is 17.4 Å². The number of aromatic carboxylic acids is 1. The van der Waals surface area contributed by atoms with Gasteiger partial charge >= 0.3 is 5.97 Å². The molecular weight excluding hydrogens is 336 g/mol. The van der Waals surface area contributed by atoms with Gasteiger partial charge in [0, 0.05) is 4.47 Å². The average Bonchev–Trinajstić information content (AvgIpc) is 2.46. The predicted octanol–water partition coefficient (Wildman–Crippen LogP) is 3.85. The van der Waals surface area contributed by atoms with E-state index in [9.17, 15) is 9.59 Å². The van der Waals surface area contributed by atoms with Crippen LogP contribution in [0.2, 0.25) is 0 Å². The molecule has 0 amide bonds. The number of halogens is 1. The van der Waals surface area contributed by atoms with Crippen molar-refractivity contribution in [1.29, 1.82) is 0 Å². The van der Waals surface area contributed by atoms with Crippen molar-refractivity contribution in [3.05, 3.63) is 63.1 Å². The molecule has 21 heavy (non-hydrogen) atoms. The highest BCUT2D eigenvalue weighted by Gasteiger charge is 2.09. The van der Waals surface area contributed by atoms with E-state index in [0.717, 1.165) is 21.9 Å². The van der Waals surface area contributed by atoms with Crippen LogP contribution in [0.4, 0.5) is 0 Å². The summed E-state index contributed by atoms with van der Waals surface area (Å²) in [7, 11) is 0. The lowest BCUT2D eigenvalue weighted by molar-refractivity contribution is 0.0696. The maximum absolute atomic E-state index is 11.1. The second-order valence-electron chi connectivity index (χ2n) is 4.55. The highest BCUT2D eigenvalue weighted by Crippen LogP contribution is 2.27. The zero-order chi connectivity index (χ0) is 15.4. The number of rotatable bonds is 5. The van der Waals surface area contributed by atoms with Crippen LogP contribution in [0, 0.1) is 6.92 Å². The van der Waals surface area contributed by atoms with Gasteiger partial charge in [0.1, 0.15) is 12.4 Å². The molecule has 0 heterocycles. The number of carboxylic acids is 1. The third kappa shape index (κ3) is 3.70. The molecule has 0 bridgehead atoms. The molecule has 0 saturated carbocycles. The maximum Gasteiger partial charge on any atom is 0.335 e. The van der Waals surface area contributed by atoms with E-state index in [4.69, 9.17) is 9.84 Å². The van der Waals surface area contributed by atoms with E-state index < -0.39 is 5.97 Å². The van der Waals surface area contributed by atoms with Crippen molar-refractivity contribution >= 4 is 28.2 Å². The van der Waals surface area contributed by atoms with Crippen LogP contribution < -0.4 is 4.74 Å². The van der Waals surface area contributed by atoms with Crippen LogP contribution in [0.15, 0.2) is 40.9 Å². The van der Waals surface area contributed by atoms with Crippen molar-refractivity contribution in [3.63, 3.8) is 0 Å². The normalized spacial score (nSPS) is 10.2. The molecule has 0 radical (unpaired) electrons. The third-order valence-electron chi connectivity index (χ3n) is 2.98. The topological polar surface area (TPSA) is 63.6 Å². The largest absolute Gasteiger partial charge is 0.488 e. The van der Waals surface area contributed by atoms with E-state index in [1.807, 2.05) is 13.0 Å². The van der Waals surface area contributed by atoms with Gasteiger partial charge in [-0.1, -0.05) is 28.1 Å². The monoisotopic (exact) mass is 348 g/mol. The molecule has 0 aliphatic rings. The van der Waals surface area contributed by atoms with Gasteiger partial charge in [0.05, 0.1) is 11.1 Å². The van der Waals surface area contributed by atoms with Crippen molar-refractivity contribution in [2.75, 3.05) is 0 Å². The van der Waals surface area contributed by atoms with Gasteiger partial charge in [-0.3, -0.25) is 4.79 Å². The van der Waals surface area contributed by atoms with E-state index in [2.05, 4.69) is 15.9 Å². The van der Waals surface area contributed by atoms with Crippen molar-refractivity contribution in [3.8, 4) is 5.75 Å². The Balaban J connectivity index is 2.16. The van der Waals surface area contributed by atoms with Gasteiger partial charge in [-0.25, -0.2) is 4.79 Å². The molecule has 2 aromatic carbocycles. The summed E-state index contributed by atoms with van der Waals surface area (Å²) in [5.74, 6) is -0.426. The number of carbonyl (C=O) groups excluding carboxylic acids is 1. The van der Waals surface area contributed by atoms with E-state index in [0.29, 0.717) is 11.3 Å². The van der Waals surface area contributed by atoms with Gasteiger partial charge in [0.15, 0.2) is 6.29 Å². The molecule has 0 fully saturated rings. The number of aryl methyl sites for hydroxylation is 1. The SMILES string of the molecule is Cc1cc(Br)cc(C=O)c1OCc1ccc(C(=O)O)cc1. The summed E-state index contributed by atoms with van der Waals surface area (Å²) in [6, 6.07) is 10.0. The summed E-state index contributed by atoms with van der Waals surface area (Å²) in [6.07, 6.45) is 0.751. The first kappa shape index (κ1) is 15.3. The zero-order valence-electron chi connectivity index (χ0n) is 11.3. The molecule has 108 valence electrons. The molecule has 0 saturated heterocycles. The van der Waals surface area contributed by atoms with Crippen LogP contribution in [0.3, 0.4) is 0 Å². The minimum absolute atomic E-state index is 0.229. The van der Waals surface area contributed by atoms with Crippen LogP contribution >= 0.6 is 15.9 Å². The van der Waals surface area contributed by atoms with E-state index in [-0.39, 0.29) is 12.2 Å². The number of hydrogen-bond acceptors (Lipinski definition) is 3. The summed E-state index contributed by atoms with van der Waals surface area (Å²) < 4.78 is 6.52. The van der Waals surface area contributed by atoms with Crippen molar-refractivity contribution in [1.82, 2.24) is 0 Å². The van der Waals surface area contributed by atoms with Crippen LogP contribution in [0.5, 0.6) is 5.75 Å². The summed E-state index contributed by atoms with van der Waals surface area (Å²) in [5.41, 5.74) is 2.39. The van der Waals surface area contributed by atoms with Crippen LogP contribution in [0.1, 0.15) is 31.8 Å². The molecule has 0 spiro atoms. The fourth-order valence-corrected chi connectivity index (χ4v) is 2.53. The third-order valence-corrected chi connectivity index (χ3v) is 3.44. The van der Waals surface area contributed by atoms with Gasteiger partial charge in [-0.15, -0.1) is 0 Å².